The van der Waals surface area contributed by atoms with Crippen LogP contribution < -0.4 is 0 Å². The Morgan fingerprint density at radius 3 is 2.78 bits per heavy atom. The number of piperidine rings is 1. The number of esters is 1. The molecule has 0 radical (unpaired) electrons. The maximum Gasteiger partial charge on any atom is 0.302 e. The highest BCUT2D eigenvalue weighted by Crippen LogP contribution is 2.36. The van der Waals surface area contributed by atoms with E-state index in [4.69, 9.17) is 9.47 Å². The minimum Gasteiger partial charge on any atom is -0.462 e. The van der Waals surface area contributed by atoms with E-state index in [2.05, 4.69) is 4.90 Å². The number of hydrogen-bond donors (Lipinski definition) is 0. The molecule has 3 atom stereocenters. The van der Waals surface area contributed by atoms with Crippen molar-refractivity contribution in [1.82, 2.24) is 4.90 Å². The molecular weight excluding hydrogens is 230 g/mol. The zero-order valence-electron chi connectivity index (χ0n) is 11.6. The molecular formula is C14H25NO3. The lowest BCUT2D eigenvalue weighted by molar-refractivity contribution is -0.156. The second-order valence-electron chi connectivity index (χ2n) is 5.48. The van der Waals surface area contributed by atoms with E-state index in [0.717, 1.165) is 26.1 Å². The Bertz CT molecular complexity index is 282. The van der Waals surface area contributed by atoms with Crippen LogP contribution in [0.5, 0.6) is 0 Å². The molecule has 4 nitrogen and oxygen atoms in total. The third-order valence-electron chi connectivity index (χ3n) is 4.33. The SMILES string of the molecule is COCCN1CCC(OC(C)=O)C2CCCCC21. The van der Waals surface area contributed by atoms with Gasteiger partial charge in [-0.1, -0.05) is 12.8 Å². The van der Waals surface area contributed by atoms with Gasteiger partial charge < -0.3 is 9.47 Å². The van der Waals surface area contributed by atoms with Crippen molar-refractivity contribution >= 4 is 5.97 Å². The smallest absolute Gasteiger partial charge is 0.302 e. The minimum atomic E-state index is -0.130. The molecule has 104 valence electrons. The average molecular weight is 255 g/mol. The van der Waals surface area contributed by atoms with Crippen molar-refractivity contribution in [2.24, 2.45) is 5.92 Å². The van der Waals surface area contributed by atoms with Crippen LogP contribution in [-0.4, -0.2) is 49.8 Å². The maximum atomic E-state index is 11.2. The number of methoxy groups -OCH3 is 1. The summed E-state index contributed by atoms with van der Waals surface area (Å²) in [6, 6.07) is 0.590. The van der Waals surface area contributed by atoms with E-state index in [1.165, 1.54) is 32.6 Å². The standard InChI is InChI=1S/C14H25NO3/c1-11(16)18-14-7-8-15(9-10-17-2)13-6-4-3-5-12(13)14/h12-14H,3-10H2,1-2H3. The molecule has 1 aliphatic heterocycles. The highest BCUT2D eigenvalue weighted by atomic mass is 16.5. The number of fused-ring (bicyclic) bond motifs is 1. The van der Waals surface area contributed by atoms with Crippen molar-refractivity contribution < 1.29 is 14.3 Å². The van der Waals surface area contributed by atoms with Gasteiger partial charge in [-0.3, -0.25) is 9.69 Å². The van der Waals surface area contributed by atoms with Crippen molar-refractivity contribution in [2.75, 3.05) is 26.8 Å². The number of hydrogen-bond acceptors (Lipinski definition) is 4. The molecule has 1 saturated heterocycles. The number of nitrogens with zero attached hydrogens (tertiary/aromatic N) is 1. The van der Waals surface area contributed by atoms with Crippen LogP contribution >= 0.6 is 0 Å². The van der Waals surface area contributed by atoms with E-state index in [0.29, 0.717) is 12.0 Å². The highest BCUT2D eigenvalue weighted by Gasteiger charge is 2.40. The second kappa shape index (κ2) is 6.53. The van der Waals surface area contributed by atoms with Crippen LogP contribution in [0.15, 0.2) is 0 Å². The summed E-state index contributed by atoms with van der Waals surface area (Å²) in [6.07, 6.45) is 6.14. The summed E-state index contributed by atoms with van der Waals surface area (Å²) in [5.41, 5.74) is 0. The fourth-order valence-corrected chi connectivity index (χ4v) is 3.55. The topological polar surface area (TPSA) is 38.8 Å². The summed E-state index contributed by atoms with van der Waals surface area (Å²) in [5, 5.41) is 0. The number of ether oxygens (including phenoxy) is 2. The summed E-state index contributed by atoms with van der Waals surface area (Å²) >= 11 is 0. The molecule has 0 aromatic rings. The fourth-order valence-electron chi connectivity index (χ4n) is 3.55. The molecule has 0 amide bonds. The lowest BCUT2D eigenvalue weighted by atomic mass is 9.76. The van der Waals surface area contributed by atoms with Gasteiger partial charge in [-0.25, -0.2) is 0 Å². The fraction of sp³-hybridized carbons (Fsp3) is 0.929. The van der Waals surface area contributed by atoms with E-state index in [1.807, 2.05) is 0 Å². The van der Waals surface area contributed by atoms with E-state index < -0.39 is 0 Å². The van der Waals surface area contributed by atoms with E-state index in [1.54, 1.807) is 7.11 Å². The first-order chi connectivity index (χ1) is 8.72. The van der Waals surface area contributed by atoms with Crippen molar-refractivity contribution in [3.8, 4) is 0 Å². The Kier molecular flexibility index (Phi) is 5.01. The molecule has 4 heteroatoms. The number of carbonyl (C=O) groups is 1. The van der Waals surface area contributed by atoms with E-state index in [-0.39, 0.29) is 12.1 Å². The molecule has 0 aromatic heterocycles. The van der Waals surface area contributed by atoms with Crippen LogP contribution in [-0.2, 0) is 14.3 Å². The molecule has 0 spiro atoms. The molecule has 2 aliphatic rings. The Morgan fingerprint density at radius 2 is 2.06 bits per heavy atom. The van der Waals surface area contributed by atoms with Crippen molar-refractivity contribution in [2.45, 2.75) is 51.2 Å². The van der Waals surface area contributed by atoms with Gasteiger partial charge in [0.25, 0.3) is 0 Å². The molecule has 3 unspecified atom stereocenters. The molecule has 1 saturated carbocycles. The van der Waals surface area contributed by atoms with E-state index in [9.17, 15) is 4.79 Å². The lowest BCUT2D eigenvalue weighted by Gasteiger charge is -2.47. The number of carbonyl (C=O) groups excluding carboxylic acids is 1. The van der Waals surface area contributed by atoms with Crippen molar-refractivity contribution in [3.05, 3.63) is 0 Å². The van der Waals surface area contributed by atoms with Crippen molar-refractivity contribution in [3.63, 3.8) is 0 Å². The quantitative estimate of drug-likeness (QED) is 0.718. The van der Waals surface area contributed by atoms with Crippen LogP contribution in [0.1, 0.15) is 39.0 Å². The Hall–Kier alpha value is -0.610. The van der Waals surface area contributed by atoms with Gasteiger partial charge in [0.2, 0.25) is 0 Å². The molecule has 0 bridgehead atoms. The Morgan fingerprint density at radius 1 is 1.28 bits per heavy atom. The lowest BCUT2D eigenvalue weighted by Crippen LogP contribution is -2.54. The van der Waals surface area contributed by atoms with Gasteiger partial charge in [0.05, 0.1) is 6.61 Å². The van der Waals surface area contributed by atoms with Gasteiger partial charge in [0, 0.05) is 39.1 Å². The van der Waals surface area contributed by atoms with E-state index >= 15 is 0 Å². The van der Waals surface area contributed by atoms with Crippen LogP contribution in [0.3, 0.4) is 0 Å². The van der Waals surface area contributed by atoms with Gasteiger partial charge >= 0.3 is 5.97 Å². The monoisotopic (exact) mass is 255 g/mol. The summed E-state index contributed by atoms with van der Waals surface area (Å²) in [4.78, 5) is 13.7. The van der Waals surface area contributed by atoms with Crippen LogP contribution in [0, 0.1) is 5.92 Å². The normalized spacial score (nSPS) is 32.9. The zero-order chi connectivity index (χ0) is 13.0. The van der Waals surface area contributed by atoms with Gasteiger partial charge in [0.15, 0.2) is 0 Å². The molecule has 0 aromatic carbocycles. The average Bonchev–Trinajstić information content (AvgIpc) is 2.37. The third-order valence-corrected chi connectivity index (χ3v) is 4.33. The molecule has 18 heavy (non-hydrogen) atoms. The predicted octanol–water partition coefficient (Wildman–Crippen LogP) is 1.83. The van der Waals surface area contributed by atoms with Crippen LogP contribution in [0.25, 0.3) is 0 Å². The molecule has 0 N–H and O–H groups in total. The van der Waals surface area contributed by atoms with Gasteiger partial charge in [-0.15, -0.1) is 0 Å². The Balaban J connectivity index is 1.98. The molecule has 2 rings (SSSR count). The predicted molar refractivity (Wildman–Crippen MR) is 69.4 cm³/mol. The maximum absolute atomic E-state index is 11.2. The molecule has 2 fully saturated rings. The summed E-state index contributed by atoms with van der Waals surface area (Å²) in [7, 11) is 1.75. The second-order valence-corrected chi connectivity index (χ2v) is 5.48. The summed E-state index contributed by atoms with van der Waals surface area (Å²) < 4.78 is 10.7. The minimum absolute atomic E-state index is 0.130. The van der Waals surface area contributed by atoms with Crippen molar-refractivity contribution in [1.29, 1.82) is 0 Å². The highest BCUT2D eigenvalue weighted by molar-refractivity contribution is 5.66. The number of likely N-dealkylation sites (tertiary alicyclic amines) is 1. The third kappa shape index (κ3) is 3.23. The van der Waals surface area contributed by atoms with Gasteiger partial charge in [0.1, 0.15) is 6.10 Å². The largest absolute Gasteiger partial charge is 0.462 e. The number of rotatable bonds is 4. The zero-order valence-corrected chi connectivity index (χ0v) is 11.6. The first kappa shape index (κ1) is 13.8. The van der Waals surface area contributed by atoms with Gasteiger partial charge in [-0.2, -0.15) is 0 Å². The van der Waals surface area contributed by atoms with Crippen LogP contribution in [0.2, 0.25) is 0 Å². The summed E-state index contributed by atoms with van der Waals surface area (Å²) in [5.74, 6) is 0.405. The molecule has 1 aliphatic carbocycles. The first-order valence-electron chi connectivity index (χ1n) is 7.12. The summed E-state index contributed by atoms with van der Waals surface area (Å²) in [6.45, 7) is 4.35. The molecule has 1 heterocycles. The Labute approximate surface area is 110 Å². The van der Waals surface area contributed by atoms with Gasteiger partial charge in [-0.05, 0) is 19.3 Å². The first-order valence-corrected chi connectivity index (χ1v) is 7.12. The van der Waals surface area contributed by atoms with Crippen LogP contribution in [0.4, 0.5) is 0 Å².